The van der Waals surface area contributed by atoms with Crippen molar-refractivity contribution < 1.29 is 13.2 Å². The third-order valence-electron chi connectivity index (χ3n) is 3.05. The van der Waals surface area contributed by atoms with E-state index in [4.69, 9.17) is 0 Å². The normalized spacial score (nSPS) is 11.3. The first-order valence-corrected chi connectivity index (χ1v) is 9.45. The first kappa shape index (κ1) is 17.0. The van der Waals surface area contributed by atoms with Crippen molar-refractivity contribution in [2.75, 3.05) is 5.32 Å². The highest BCUT2D eigenvalue weighted by Crippen LogP contribution is 2.26. The molecule has 0 saturated heterocycles. The van der Waals surface area contributed by atoms with Crippen LogP contribution in [0.25, 0.3) is 5.69 Å². The van der Waals surface area contributed by atoms with Crippen molar-refractivity contribution in [2.45, 2.75) is 18.1 Å². The van der Waals surface area contributed by atoms with Crippen LogP contribution < -0.4 is 10.0 Å². The summed E-state index contributed by atoms with van der Waals surface area (Å²) in [5.74, 6) is 0.812. The van der Waals surface area contributed by atoms with Gasteiger partial charge in [0.2, 0.25) is 5.95 Å². The first-order chi connectivity index (χ1) is 11.8. The predicted octanol–water partition coefficient (Wildman–Crippen LogP) is 1.85. The monoisotopic (exact) mass is 378 g/mol. The molecule has 0 aliphatic heterocycles. The Morgan fingerprint density at radius 1 is 1.12 bits per heavy atom. The Bertz CT molecular complexity index is 991. The number of amides is 2. The van der Waals surface area contributed by atoms with E-state index in [1.54, 1.807) is 54.4 Å². The van der Waals surface area contributed by atoms with Gasteiger partial charge in [-0.25, -0.2) is 22.9 Å². The Balaban J connectivity index is 1.80. The minimum absolute atomic E-state index is 0.0190. The molecule has 0 radical (unpaired) electrons. The fourth-order valence-corrected chi connectivity index (χ4v) is 4.39. The van der Waals surface area contributed by atoms with Gasteiger partial charge >= 0.3 is 6.03 Å². The highest BCUT2D eigenvalue weighted by Gasteiger charge is 2.24. The highest BCUT2D eigenvalue weighted by atomic mass is 32.2. The average molecular weight is 378 g/mol. The second-order valence-corrected chi connectivity index (χ2v) is 7.79. The molecule has 130 valence electrons. The third-order valence-corrected chi connectivity index (χ3v) is 5.84. The zero-order valence-corrected chi connectivity index (χ0v) is 14.9. The maximum Gasteiger partial charge on any atom is 0.335 e. The Kier molecular flexibility index (Phi) is 4.51. The van der Waals surface area contributed by atoms with Crippen molar-refractivity contribution in [3.63, 3.8) is 0 Å². The Hall–Kier alpha value is -2.79. The lowest BCUT2D eigenvalue weighted by atomic mass is 10.5. The number of nitrogens with one attached hydrogen (secondary N) is 2. The van der Waals surface area contributed by atoms with E-state index in [-0.39, 0.29) is 10.2 Å². The average Bonchev–Trinajstić information content (AvgIpc) is 3.17. The molecular weight excluding hydrogens is 364 g/mol. The van der Waals surface area contributed by atoms with Crippen molar-refractivity contribution in [1.29, 1.82) is 0 Å². The van der Waals surface area contributed by atoms with Crippen LogP contribution >= 0.6 is 11.3 Å². The molecule has 3 heterocycles. The number of anilines is 1. The van der Waals surface area contributed by atoms with E-state index in [9.17, 15) is 13.2 Å². The molecule has 3 rings (SSSR count). The number of nitrogens with zero attached hydrogens (tertiary/aromatic N) is 4. The summed E-state index contributed by atoms with van der Waals surface area (Å²) in [6.45, 7) is 3.28. The van der Waals surface area contributed by atoms with Crippen molar-refractivity contribution in [2.24, 2.45) is 0 Å². The zero-order chi connectivity index (χ0) is 18.0. The molecule has 0 aromatic carbocycles. The van der Waals surface area contributed by atoms with Crippen molar-refractivity contribution in [3.8, 4) is 5.69 Å². The summed E-state index contributed by atoms with van der Waals surface area (Å²) in [5, 5.41) is 3.94. The van der Waals surface area contributed by atoms with Crippen LogP contribution in [0.4, 0.5) is 10.7 Å². The fourth-order valence-electron chi connectivity index (χ4n) is 2.14. The number of thiophene rings is 1. The molecule has 2 N–H and O–H groups in total. The standard InChI is InChI=1S/C14H14N6O3S2/c1-9-15-10(2)17-13(16-9)18-14(21)19-25(22,23)12-11(5-8-24-12)20-6-3-4-7-20/h3-8H,1-2H3,(H2,15,16,17,18,19,21). The van der Waals surface area contributed by atoms with Gasteiger partial charge in [-0.2, -0.15) is 9.97 Å². The summed E-state index contributed by atoms with van der Waals surface area (Å²) in [6.07, 6.45) is 3.44. The largest absolute Gasteiger partial charge is 0.335 e. The Labute approximate surface area is 147 Å². The molecule has 25 heavy (non-hydrogen) atoms. The van der Waals surface area contributed by atoms with Crippen molar-refractivity contribution in [3.05, 3.63) is 47.6 Å². The highest BCUT2D eigenvalue weighted by molar-refractivity contribution is 7.92. The van der Waals surface area contributed by atoms with E-state index < -0.39 is 16.1 Å². The van der Waals surface area contributed by atoms with Crippen LogP contribution in [0.15, 0.2) is 40.2 Å². The van der Waals surface area contributed by atoms with Gasteiger partial charge in [0.15, 0.2) is 4.21 Å². The number of carbonyl (C=O) groups excluding carboxylic acids is 1. The van der Waals surface area contributed by atoms with E-state index in [0.29, 0.717) is 17.3 Å². The molecule has 2 amide bonds. The maximum atomic E-state index is 12.5. The number of aryl methyl sites for hydroxylation is 2. The molecule has 0 spiro atoms. The maximum absolute atomic E-state index is 12.5. The van der Waals surface area contributed by atoms with Gasteiger partial charge in [-0.15, -0.1) is 11.3 Å². The molecule has 9 nitrogen and oxygen atoms in total. The van der Waals surface area contributed by atoms with Crippen LogP contribution in [-0.2, 0) is 10.0 Å². The molecule has 0 fully saturated rings. The lowest BCUT2D eigenvalue weighted by Crippen LogP contribution is -2.35. The quantitative estimate of drug-likeness (QED) is 0.715. The van der Waals surface area contributed by atoms with Crippen LogP contribution in [0.2, 0.25) is 0 Å². The molecular formula is C14H14N6O3S2. The number of sulfonamides is 1. The number of aromatic nitrogens is 4. The van der Waals surface area contributed by atoms with Crippen LogP contribution in [0.1, 0.15) is 11.6 Å². The molecule has 0 saturated carbocycles. The lowest BCUT2D eigenvalue weighted by Gasteiger charge is -2.09. The number of hydrogen-bond donors (Lipinski definition) is 2. The molecule has 11 heteroatoms. The lowest BCUT2D eigenvalue weighted by molar-refractivity contribution is 0.256. The van der Waals surface area contributed by atoms with Crippen LogP contribution in [0, 0.1) is 13.8 Å². The second-order valence-electron chi connectivity index (χ2n) is 5.00. The number of carbonyl (C=O) groups is 1. The van der Waals surface area contributed by atoms with Crippen LogP contribution in [-0.4, -0.2) is 34.0 Å². The SMILES string of the molecule is Cc1nc(C)nc(NC(=O)NS(=O)(=O)c2sccc2-n2cccc2)n1. The second kappa shape index (κ2) is 6.61. The van der Waals surface area contributed by atoms with E-state index >= 15 is 0 Å². The summed E-state index contributed by atoms with van der Waals surface area (Å²) < 4.78 is 28.7. The first-order valence-electron chi connectivity index (χ1n) is 7.09. The minimum Gasteiger partial charge on any atom is -0.322 e. The van der Waals surface area contributed by atoms with Gasteiger partial charge in [0.1, 0.15) is 11.6 Å². The van der Waals surface area contributed by atoms with Crippen LogP contribution in [0.5, 0.6) is 0 Å². The van der Waals surface area contributed by atoms with Crippen LogP contribution in [0.3, 0.4) is 0 Å². The smallest absolute Gasteiger partial charge is 0.322 e. The topological polar surface area (TPSA) is 119 Å². The van der Waals surface area contributed by atoms with Gasteiger partial charge in [-0.3, -0.25) is 5.32 Å². The van der Waals surface area contributed by atoms with E-state index in [2.05, 4.69) is 20.3 Å². The summed E-state index contributed by atoms with van der Waals surface area (Å²) in [7, 11) is -4.05. The molecule has 0 aliphatic carbocycles. The van der Waals surface area contributed by atoms with Gasteiger partial charge in [0.25, 0.3) is 10.0 Å². The summed E-state index contributed by atoms with van der Waals surface area (Å²) >= 11 is 1.02. The zero-order valence-electron chi connectivity index (χ0n) is 13.3. The van der Waals surface area contributed by atoms with Gasteiger partial charge in [0, 0.05) is 12.4 Å². The van der Waals surface area contributed by atoms with E-state index in [1.165, 1.54) is 0 Å². The molecule has 0 bridgehead atoms. The fraction of sp³-hybridized carbons (Fsp3) is 0.143. The third kappa shape index (κ3) is 3.83. The van der Waals surface area contributed by atoms with Crippen molar-refractivity contribution in [1.82, 2.24) is 24.2 Å². The molecule has 0 unspecified atom stereocenters. The minimum atomic E-state index is -4.05. The molecule has 0 atom stereocenters. The van der Waals surface area contributed by atoms with Gasteiger partial charge in [0.05, 0.1) is 5.69 Å². The number of urea groups is 1. The van der Waals surface area contributed by atoms with Gasteiger partial charge in [-0.1, -0.05) is 0 Å². The molecule has 0 aliphatic rings. The summed E-state index contributed by atoms with van der Waals surface area (Å²) in [5.41, 5.74) is 0.460. The van der Waals surface area contributed by atoms with Crippen molar-refractivity contribution >= 4 is 33.3 Å². The predicted molar refractivity (Wildman–Crippen MR) is 92.3 cm³/mol. The van der Waals surface area contributed by atoms with Gasteiger partial charge < -0.3 is 4.57 Å². The summed E-state index contributed by atoms with van der Waals surface area (Å²) in [4.78, 5) is 23.9. The Morgan fingerprint density at radius 2 is 1.76 bits per heavy atom. The summed E-state index contributed by atoms with van der Waals surface area (Å²) in [6, 6.07) is 4.27. The molecule has 3 aromatic rings. The molecule has 3 aromatic heterocycles. The number of rotatable bonds is 4. The number of hydrogen-bond acceptors (Lipinski definition) is 7. The Morgan fingerprint density at radius 3 is 2.40 bits per heavy atom. The van der Waals surface area contributed by atoms with E-state index in [1.807, 2.05) is 4.72 Å². The van der Waals surface area contributed by atoms with Gasteiger partial charge in [-0.05, 0) is 37.4 Å². The van der Waals surface area contributed by atoms with E-state index in [0.717, 1.165) is 11.3 Å².